The van der Waals surface area contributed by atoms with Gasteiger partial charge in [-0.15, -0.1) is 0 Å². The van der Waals surface area contributed by atoms with Gasteiger partial charge in [0, 0.05) is 19.5 Å². The molecule has 1 aromatic heterocycles. The van der Waals surface area contributed by atoms with Crippen molar-refractivity contribution >= 4 is 22.9 Å². The number of hydrogen-bond donors (Lipinski definition) is 0. The Morgan fingerprint density at radius 2 is 2.08 bits per heavy atom. The minimum absolute atomic E-state index is 0.00221. The van der Waals surface area contributed by atoms with E-state index in [1.165, 1.54) is 7.11 Å². The van der Waals surface area contributed by atoms with E-state index in [0.717, 1.165) is 42.8 Å². The fourth-order valence-electron chi connectivity index (χ4n) is 3.47. The molecule has 1 unspecified atom stereocenters. The third-order valence-corrected chi connectivity index (χ3v) is 4.64. The molecule has 1 atom stereocenters. The lowest BCUT2D eigenvalue weighted by Crippen LogP contribution is -2.32. The summed E-state index contributed by atoms with van der Waals surface area (Å²) in [5.41, 5.74) is 2.06. The van der Waals surface area contributed by atoms with E-state index in [1.54, 1.807) is 0 Å². The van der Waals surface area contributed by atoms with Gasteiger partial charge in [0.05, 0.1) is 30.6 Å². The van der Waals surface area contributed by atoms with Crippen molar-refractivity contribution in [1.82, 2.24) is 14.5 Å². The zero-order valence-electron chi connectivity index (χ0n) is 14.2. The highest BCUT2D eigenvalue weighted by Crippen LogP contribution is 2.34. The normalized spacial score (nSPS) is 17.4. The topological polar surface area (TPSA) is 64.4 Å². The number of ether oxygens (including phenoxy) is 1. The molecular formula is C18H23N3O3. The van der Waals surface area contributed by atoms with Crippen molar-refractivity contribution in [2.75, 3.05) is 13.7 Å². The van der Waals surface area contributed by atoms with Crippen LogP contribution < -0.4 is 0 Å². The van der Waals surface area contributed by atoms with Crippen LogP contribution in [0, 0.1) is 0 Å². The van der Waals surface area contributed by atoms with Crippen LogP contribution in [0.5, 0.6) is 0 Å². The first-order chi connectivity index (χ1) is 11.7. The maximum atomic E-state index is 12.5. The Bertz CT molecular complexity index is 753. The number of fused-ring (bicyclic) bond motifs is 1. The van der Waals surface area contributed by atoms with Crippen LogP contribution in [0.1, 0.15) is 44.5 Å². The Labute approximate surface area is 141 Å². The maximum absolute atomic E-state index is 12.5. The SMILES string of the molecule is CCn1c(C2CCCN2C(=O)CCC(=O)OC)nc2ccccc21. The van der Waals surface area contributed by atoms with Crippen LogP contribution in [0.4, 0.5) is 0 Å². The number of rotatable bonds is 5. The predicted octanol–water partition coefficient (Wildman–Crippen LogP) is 2.67. The number of amides is 1. The van der Waals surface area contributed by atoms with Crippen LogP contribution in [-0.2, 0) is 20.9 Å². The lowest BCUT2D eigenvalue weighted by atomic mass is 10.2. The largest absolute Gasteiger partial charge is 0.469 e. The van der Waals surface area contributed by atoms with Gasteiger partial charge in [0.25, 0.3) is 0 Å². The number of carbonyl (C=O) groups is 2. The Balaban J connectivity index is 1.85. The van der Waals surface area contributed by atoms with Crippen molar-refractivity contribution < 1.29 is 14.3 Å². The summed E-state index contributed by atoms with van der Waals surface area (Å²) in [6, 6.07) is 8.04. The van der Waals surface area contributed by atoms with E-state index in [1.807, 2.05) is 23.1 Å². The highest BCUT2D eigenvalue weighted by molar-refractivity contribution is 5.82. The van der Waals surface area contributed by atoms with Crippen molar-refractivity contribution in [2.24, 2.45) is 0 Å². The molecule has 0 aliphatic carbocycles. The minimum atomic E-state index is -0.347. The molecule has 24 heavy (non-hydrogen) atoms. The molecule has 128 valence electrons. The van der Waals surface area contributed by atoms with E-state index in [0.29, 0.717) is 0 Å². The summed E-state index contributed by atoms with van der Waals surface area (Å²) in [6.07, 6.45) is 2.19. The monoisotopic (exact) mass is 329 g/mol. The van der Waals surface area contributed by atoms with Crippen molar-refractivity contribution in [1.29, 1.82) is 0 Å². The predicted molar refractivity (Wildman–Crippen MR) is 90.3 cm³/mol. The second-order valence-electron chi connectivity index (χ2n) is 6.02. The van der Waals surface area contributed by atoms with Gasteiger partial charge < -0.3 is 14.2 Å². The summed E-state index contributed by atoms with van der Waals surface area (Å²) >= 11 is 0. The van der Waals surface area contributed by atoms with E-state index in [2.05, 4.69) is 22.3 Å². The van der Waals surface area contributed by atoms with Crippen LogP contribution >= 0.6 is 0 Å². The summed E-state index contributed by atoms with van der Waals surface area (Å²) < 4.78 is 6.81. The van der Waals surface area contributed by atoms with Crippen LogP contribution in [0.2, 0.25) is 0 Å². The Kier molecular flexibility index (Phi) is 4.83. The average Bonchev–Trinajstić information content (AvgIpc) is 3.22. The van der Waals surface area contributed by atoms with E-state index < -0.39 is 0 Å². The van der Waals surface area contributed by atoms with Gasteiger partial charge in [-0.1, -0.05) is 12.1 Å². The first-order valence-electron chi connectivity index (χ1n) is 8.47. The Hall–Kier alpha value is -2.37. The van der Waals surface area contributed by atoms with Crippen LogP contribution in [0.3, 0.4) is 0 Å². The maximum Gasteiger partial charge on any atom is 0.306 e. The lowest BCUT2D eigenvalue weighted by Gasteiger charge is -2.25. The third kappa shape index (κ3) is 3.00. The summed E-state index contributed by atoms with van der Waals surface area (Å²) in [5, 5.41) is 0. The number of methoxy groups -OCH3 is 1. The fourth-order valence-corrected chi connectivity index (χ4v) is 3.47. The van der Waals surface area contributed by atoms with Gasteiger partial charge in [-0.25, -0.2) is 4.98 Å². The zero-order valence-corrected chi connectivity index (χ0v) is 14.2. The van der Waals surface area contributed by atoms with Gasteiger partial charge in [0.2, 0.25) is 5.91 Å². The number of hydrogen-bond acceptors (Lipinski definition) is 4. The number of likely N-dealkylation sites (tertiary alicyclic amines) is 1. The average molecular weight is 329 g/mol. The number of benzene rings is 1. The summed E-state index contributed by atoms with van der Waals surface area (Å²) in [4.78, 5) is 30.5. The van der Waals surface area contributed by atoms with Crippen molar-refractivity contribution in [3.05, 3.63) is 30.1 Å². The molecule has 1 amide bonds. The van der Waals surface area contributed by atoms with E-state index in [4.69, 9.17) is 4.98 Å². The molecule has 1 aliphatic heterocycles. The number of para-hydroxylation sites is 2. The lowest BCUT2D eigenvalue weighted by molar-refractivity contribution is -0.143. The molecular weight excluding hydrogens is 306 g/mol. The quantitative estimate of drug-likeness (QED) is 0.791. The Morgan fingerprint density at radius 1 is 1.29 bits per heavy atom. The van der Waals surface area contributed by atoms with Crippen molar-refractivity contribution in [3.63, 3.8) is 0 Å². The van der Waals surface area contributed by atoms with Crippen LogP contribution in [0.15, 0.2) is 24.3 Å². The molecule has 2 aromatic rings. The molecule has 0 N–H and O–H groups in total. The Morgan fingerprint density at radius 3 is 2.83 bits per heavy atom. The first kappa shape index (κ1) is 16.5. The minimum Gasteiger partial charge on any atom is -0.469 e. The molecule has 1 aromatic carbocycles. The number of aromatic nitrogens is 2. The van der Waals surface area contributed by atoms with Gasteiger partial charge in [-0.05, 0) is 31.9 Å². The molecule has 1 fully saturated rings. The second kappa shape index (κ2) is 7.03. The molecule has 0 saturated carbocycles. The zero-order chi connectivity index (χ0) is 17.1. The molecule has 1 saturated heterocycles. The van der Waals surface area contributed by atoms with Gasteiger partial charge in [-0.3, -0.25) is 9.59 Å². The van der Waals surface area contributed by atoms with Gasteiger partial charge in [0.15, 0.2) is 0 Å². The number of nitrogens with zero attached hydrogens (tertiary/aromatic N) is 3. The summed E-state index contributed by atoms with van der Waals surface area (Å²) in [6.45, 7) is 3.63. The van der Waals surface area contributed by atoms with Gasteiger partial charge in [0.1, 0.15) is 5.82 Å². The van der Waals surface area contributed by atoms with E-state index in [-0.39, 0.29) is 30.8 Å². The molecule has 6 heteroatoms. The molecule has 2 heterocycles. The molecule has 0 bridgehead atoms. The molecule has 3 rings (SSSR count). The van der Waals surface area contributed by atoms with Gasteiger partial charge >= 0.3 is 5.97 Å². The van der Waals surface area contributed by atoms with Crippen molar-refractivity contribution in [3.8, 4) is 0 Å². The molecule has 0 spiro atoms. The molecule has 6 nitrogen and oxygen atoms in total. The van der Waals surface area contributed by atoms with Crippen molar-refractivity contribution in [2.45, 2.75) is 45.2 Å². The number of aryl methyl sites for hydroxylation is 1. The molecule has 1 aliphatic rings. The van der Waals surface area contributed by atoms with Gasteiger partial charge in [-0.2, -0.15) is 0 Å². The summed E-state index contributed by atoms with van der Waals surface area (Å²) in [5.74, 6) is 0.597. The highest BCUT2D eigenvalue weighted by atomic mass is 16.5. The number of carbonyl (C=O) groups excluding carboxylic acids is 2. The van der Waals surface area contributed by atoms with E-state index >= 15 is 0 Å². The number of esters is 1. The smallest absolute Gasteiger partial charge is 0.306 e. The standard InChI is InChI=1S/C18H23N3O3/c1-3-20-14-8-5-4-7-13(14)19-18(20)15-9-6-12-21(15)16(22)10-11-17(23)24-2/h4-5,7-8,15H,3,6,9-12H2,1-2H3. The third-order valence-electron chi connectivity index (χ3n) is 4.64. The fraction of sp³-hybridized carbons (Fsp3) is 0.500. The van der Waals surface area contributed by atoms with Crippen LogP contribution in [-0.4, -0.2) is 40.0 Å². The summed E-state index contributed by atoms with van der Waals surface area (Å²) in [7, 11) is 1.34. The van der Waals surface area contributed by atoms with Crippen LogP contribution in [0.25, 0.3) is 11.0 Å². The second-order valence-corrected chi connectivity index (χ2v) is 6.02. The number of imidazole rings is 1. The highest BCUT2D eigenvalue weighted by Gasteiger charge is 2.33. The van der Waals surface area contributed by atoms with E-state index in [9.17, 15) is 9.59 Å². The first-order valence-corrected chi connectivity index (χ1v) is 8.47. The molecule has 0 radical (unpaired) electrons.